The molecule has 1 aromatic carbocycles. The van der Waals surface area contributed by atoms with Crippen molar-refractivity contribution in [3.05, 3.63) is 58.5 Å². The smallest absolute Gasteiger partial charge is 0.126 e. The summed E-state index contributed by atoms with van der Waals surface area (Å²) in [4.78, 5) is 0. The second kappa shape index (κ2) is 4.70. The lowest BCUT2D eigenvalue weighted by molar-refractivity contribution is 0.435. The van der Waals surface area contributed by atoms with Gasteiger partial charge in [-0.25, -0.2) is 5.43 Å². The van der Waals surface area contributed by atoms with Gasteiger partial charge in [-0.15, -0.1) is 0 Å². The first-order chi connectivity index (χ1) is 7.70. The summed E-state index contributed by atoms with van der Waals surface area (Å²) in [5.41, 5.74) is 3.75. The normalized spacial score (nSPS) is 12.7. The third-order valence-corrected chi connectivity index (χ3v) is 2.67. The molecule has 0 aliphatic carbocycles. The zero-order valence-corrected chi connectivity index (χ0v) is 9.66. The van der Waals surface area contributed by atoms with E-state index in [0.29, 0.717) is 5.02 Å². The number of halogens is 1. The van der Waals surface area contributed by atoms with Crippen molar-refractivity contribution < 1.29 is 4.42 Å². The van der Waals surface area contributed by atoms with Gasteiger partial charge in [0.05, 0.1) is 0 Å². The molecule has 16 heavy (non-hydrogen) atoms. The van der Waals surface area contributed by atoms with Crippen LogP contribution in [0.1, 0.15) is 23.1 Å². The van der Waals surface area contributed by atoms with Crippen molar-refractivity contribution in [2.45, 2.75) is 13.0 Å². The Morgan fingerprint density at radius 3 is 2.38 bits per heavy atom. The highest BCUT2D eigenvalue weighted by Crippen LogP contribution is 2.24. The Labute approximate surface area is 99.2 Å². The van der Waals surface area contributed by atoms with E-state index >= 15 is 0 Å². The van der Waals surface area contributed by atoms with E-state index in [1.54, 1.807) is 0 Å². The molecule has 2 rings (SSSR count). The molecule has 0 amide bonds. The molecule has 0 bridgehead atoms. The summed E-state index contributed by atoms with van der Waals surface area (Å²) in [6, 6.07) is 11.2. The summed E-state index contributed by atoms with van der Waals surface area (Å²) in [5.74, 6) is 7.20. The monoisotopic (exact) mass is 236 g/mol. The van der Waals surface area contributed by atoms with Crippen LogP contribution in [-0.4, -0.2) is 0 Å². The molecule has 0 aliphatic rings. The molecule has 0 saturated carbocycles. The lowest BCUT2D eigenvalue weighted by atomic mass is 10.1. The van der Waals surface area contributed by atoms with Gasteiger partial charge >= 0.3 is 0 Å². The van der Waals surface area contributed by atoms with Crippen LogP contribution in [0, 0.1) is 6.92 Å². The molecule has 0 fully saturated rings. The van der Waals surface area contributed by atoms with Gasteiger partial charge in [-0.3, -0.25) is 5.84 Å². The third-order valence-electron chi connectivity index (χ3n) is 2.42. The fourth-order valence-corrected chi connectivity index (χ4v) is 1.73. The second-order valence-electron chi connectivity index (χ2n) is 3.60. The Morgan fingerprint density at radius 2 is 1.88 bits per heavy atom. The Morgan fingerprint density at radius 1 is 1.19 bits per heavy atom. The lowest BCUT2D eigenvalue weighted by Gasteiger charge is -2.13. The van der Waals surface area contributed by atoms with Crippen molar-refractivity contribution in [1.82, 2.24) is 5.43 Å². The SMILES string of the molecule is Cc1ccc(C(NN)c2ccc(Cl)cc2)o1. The maximum atomic E-state index is 5.83. The van der Waals surface area contributed by atoms with E-state index in [1.807, 2.05) is 43.3 Å². The van der Waals surface area contributed by atoms with Crippen LogP contribution in [0.25, 0.3) is 0 Å². The maximum Gasteiger partial charge on any atom is 0.126 e. The summed E-state index contributed by atoms with van der Waals surface area (Å²) < 4.78 is 5.55. The molecule has 4 heteroatoms. The molecule has 1 heterocycles. The van der Waals surface area contributed by atoms with Crippen molar-refractivity contribution in [3.8, 4) is 0 Å². The minimum absolute atomic E-state index is 0.147. The van der Waals surface area contributed by atoms with E-state index in [2.05, 4.69) is 5.43 Å². The average molecular weight is 237 g/mol. The van der Waals surface area contributed by atoms with Gasteiger partial charge in [0.1, 0.15) is 17.6 Å². The minimum Gasteiger partial charge on any atom is -0.464 e. The number of aryl methyl sites for hydroxylation is 1. The summed E-state index contributed by atoms with van der Waals surface area (Å²) >= 11 is 5.83. The van der Waals surface area contributed by atoms with Gasteiger partial charge in [0.2, 0.25) is 0 Å². The topological polar surface area (TPSA) is 51.2 Å². The number of hydrogen-bond donors (Lipinski definition) is 2. The van der Waals surface area contributed by atoms with Crippen LogP contribution in [0.5, 0.6) is 0 Å². The van der Waals surface area contributed by atoms with Gasteiger partial charge in [-0.2, -0.15) is 0 Å². The maximum absolute atomic E-state index is 5.83. The summed E-state index contributed by atoms with van der Waals surface area (Å²) in [5, 5.41) is 0.704. The highest BCUT2D eigenvalue weighted by atomic mass is 35.5. The van der Waals surface area contributed by atoms with Crippen molar-refractivity contribution in [3.63, 3.8) is 0 Å². The molecule has 3 nitrogen and oxygen atoms in total. The Balaban J connectivity index is 2.32. The number of nitrogens with one attached hydrogen (secondary N) is 1. The molecular weight excluding hydrogens is 224 g/mol. The number of benzene rings is 1. The molecule has 3 N–H and O–H groups in total. The van der Waals surface area contributed by atoms with Crippen molar-refractivity contribution in [2.75, 3.05) is 0 Å². The van der Waals surface area contributed by atoms with E-state index < -0.39 is 0 Å². The van der Waals surface area contributed by atoms with Gasteiger partial charge in [0, 0.05) is 5.02 Å². The molecule has 1 aromatic heterocycles. The molecule has 1 unspecified atom stereocenters. The van der Waals surface area contributed by atoms with Crippen LogP contribution >= 0.6 is 11.6 Å². The molecular formula is C12H13ClN2O. The highest BCUT2D eigenvalue weighted by Gasteiger charge is 2.15. The quantitative estimate of drug-likeness (QED) is 0.637. The van der Waals surface area contributed by atoms with Crippen molar-refractivity contribution in [2.24, 2.45) is 5.84 Å². The van der Waals surface area contributed by atoms with Crippen molar-refractivity contribution >= 4 is 11.6 Å². The van der Waals surface area contributed by atoms with Crippen LogP contribution in [0.4, 0.5) is 0 Å². The summed E-state index contributed by atoms with van der Waals surface area (Å²) in [6.45, 7) is 1.90. The molecule has 0 aliphatic heterocycles. The zero-order valence-electron chi connectivity index (χ0n) is 8.91. The van der Waals surface area contributed by atoms with E-state index in [1.165, 1.54) is 0 Å². The van der Waals surface area contributed by atoms with Crippen LogP contribution in [0.3, 0.4) is 0 Å². The first-order valence-electron chi connectivity index (χ1n) is 4.98. The van der Waals surface area contributed by atoms with Crippen LogP contribution in [0.15, 0.2) is 40.8 Å². The fourth-order valence-electron chi connectivity index (χ4n) is 1.61. The predicted molar refractivity (Wildman–Crippen MR) is 64.1 cm³/mol. The Hall–Kier alpha value is -1.29. The number of nitrogens with two attached hydrogens (primary N) is 1. The molecule has 0 radical (unpaired) electrons. The van der Waals surface area contributed by atoms with Crippen LogP contribution in [-0.2, 0) is 0 Å². The van der Waals surface area contributed by atoms with Gasteiger partial charge < -0.3 is 4.42 Å². The highest BCUT2D eigenvalue weighted by molar-refractivity contribution is 6.30. The summed E-state index contributed by atoms with van der Waals surface area (Å²) in [6.07, 6.45) is 0. The lowest BCUT2D eigenvalue weighted by Crippen LogP contribution is -2.28. The van der Waals surface area contributed by atoms with Gasteiger partial charge in [-0.05, 0) is 36.8 Å². The number of hydrogen-bond acceptors (Lipinski definition) is 3. The van der Waals surface area contributed by atoms with E-state index in [0.717, 1.165) is 17.1 Å². The molecule has 1 atom stereocenters. The standard InChI is InChI=1S/C12H13ClN2O/c1-8-2-7-11(16-8)12(15-14)9-3-5-10(13)6-4-9/h2-7,12,15H,14H2,1H3. The number of furan rings is 1. The van der Waals surface area contributed by atoms with Crippen LogP contribution < -0.4 is 11.3 Å². The first-order valence-corrected chi connectivity index (χ1v) is 5.36. The first kappa shape index (κ1) is 11.2. The minimum atomic E-state index is -0.147. The van der Waals surface area contributed by atoms with Gasteiger partial charge in [-0.1, -0.05) is 23.7 Å². The number of hydrazine groups is 1. The third kappa shape index (κ3) is 2.27. The number of rotatable bonds is 3. The molecule has 2 aromatic rings. The average Bonchev–Trinajstić information content (AvgIpc) is 2.69. The van der Waals surface area contributed by atoms with E-state index in [-0.39, 0.29) is 6.04 Å². The second-order valence-corrected chi connectivity index (χ2v) is 4.04. The molecule has 0 saturated heterocycles. The Kier molecular flexibility index (Phi) is 3.29. The van der Waals surface area contributed by atoms with E-state index in [4.69, 9.17) is 21.9 Å². The van der Waals surface area contributed by atoms with Gasteiger partial charge in [0.25, 0.3) is 0 Å². The summed E-state index contributed by atoms with van der Waals surface area (Å²) in [7, 11) is 0. The zero-order chi connectivity index (χ0) is 11.5. The molecule has 0 spiro atoms. The predicted octanol–water partition coefficient (Wildman–Crippen LogP) is 2.79. The largest absolute Gasteiger partial charge is 0.464 e. The van der Waals surface area contributed by atoms with Crippen molar-refractivity contribution in [1.29, 1.82) is 0 Å². The van der Waals surface area contributed by atoms with E-state index in [9.17, 15) is 0 Å². The Bertz CT molecular complexity index is 464. The molecule has 84 valence electrons. The van der Waals surface area contributed by atoms with Crippen LogP contribution in [0.2, 0.25) is 5.02 Å². The fraction of sp³-hybridized carbons (Fsp3) is 0.167. The van der Waals surface area contributed by atoms with Gasteiger partial charge in [0.15, 0.2) is 0 Å².